The molecule has 0 aromatic rings. The van der Waals surface area contributed by atoms with Crippen molar-refractivity contribution in [2.45, 2.75) is 26.7 Å². The molecule has 21 heavy (non-hydrogen) atoms. The molecule has 2 rings (SSSR count). The molecule has 1 N–H and O–H groups in total. The van der Waals surface area contributed by atoms with Crippen molar-refractivity contribution in [3.05, 3.63) is 71.1 Å². The van der Waals surface area contributed by atoms with Crippen LogP contribution in [0.2, 0.25) is 0 Å². The van der Waals surface area contributed by atoms with Crippen LogP contribution in [0, 0.1) is 0 Å². The maximum Gasteiger partial charge on any atom is 0.251 e. The van der Waals surface area contributed by atoms with Gasteiger partial charge in [0.1, 0.15) is 0 Å². The van der Waals surface area contributed by atoms with Crippen LogP contribution in [-0.4, -0.2) is 12.1 Å². The van der Waals surface area contributed by atoms with Gasteiger partial charge >= 0.3 is 0 Å². The summed E-state index contributed by atoms with van der Waals surface area (Å²) < 4.78 is 0. The average molecular weight is 280 g/mol. The predicted molar refractivity (Wildman–Crippen MR) is 87.8 cm³/mol. The quantitative estimate of drug-likeness (QED) is 0.780. The lowest BCUT2D eigenvalue weighted by atomic mass is 9.95. The van der Waals surface area contributed by atoms with E-state index in [1.807, 2.05) is 38.2 Å². The van der Waals surface area contributed by atoms with Crippen molar-refractivity contribution in [3.63, 3.8) is 0 Å². The van der Waals surface area contributed by atoms with Crippen molar-refractivity contribution in [1.82, 2.24) is 5.32 Å². The van der Waals surface area contributed by atoms with E-state index in [2.05, 4.69) is 23.0 Å². The highest BCUT2D eigenvalue weighted by molar-refractivity contribution is 5.97. The molecule has 3 nitrogen and oxygen atoms in total. The lowest BCUT2D eigenvalue weighted by Gasteiger charge is -2.14. The topological polar surface area (TPSA) is 41.5 Å². The summed E-state index contributed by atoms with van der Waals surface area (Å²) in [4.78, 5) is 16.7. The largest absolute Gasteiger partial charge is 0.329 e. The number of nitrogens with zero attached hydrogens (tertiary/aromatic N) is 1. The third-order valence-corrected chi connectivity index (χ3v) is 3.45. The summed E-state index contributed by atoms with van der Waals surface area (Å²) in [5, 5.41) is 2.83. The fourth-order valence-electron chi connectivity index (χ4n) is 2.28. The number of hydrogen-bond acceptors (Lipinski definition) is 2. The Morgan fingerprint density at radius 2 is 2.19 bits per heavy atom. The number of amides is 1. The Morgan fingerprint density at radius 1 is 1.38 bits per heavy atom. The molecule has 1 aliphatic carbocycles. The van der Waals surface area contributed by atoms with E-state index >= 15 is 0 Å². The fraction of sp³-hybridized carbons (Fsp3) is 0.222. The number of aliphatic imine (C=N–C) groups is 1. The molecule has 3 heteroatoms. The molecule has 0 saturated carbocycles. The number of rotatable bonds is 1. The zero-order valence-corrected chi connectivity index (χ0v) is 12.5. The molecular weight excluding hydrogens is 260 g/mol. The van der Waals surface area contributed by atoms with E-state index in [1.165, 1.54) is 0 Å². The van der Waals surface area contributed by atoms with Crippen molar-refractivity contribution >= 4 is 12.1 Å². The van der Waals surface area contributed by atoms with Crippen molar-refractivity contribution in [2.75, 3.05) is 0 Å². The first-order valence-corrected chi connectivity index (χ1v) is 7.07. The van der Waals surface area contributed by atoms with Crippen LogP contribution >= 0.6 is 0 Å². The third-order valence-electron chi connectivity index (χ3n) is 3.45. The number of carbonyl (C=O) groups is 1. The molecule has 0 bridgehead atoms. The van der Waals surface area contributed by atoms with Crippen molar-refractivity contribution in [2.24, 2.45) is 4.99 Å². The molecule has 0 fully saturated rings. The van der Waals surface area contributed by atoms with E-state index in [1.54, 1.807) is 12.4 Å². The van der Waals surface area contributed by atoms with Gasteiger partial charge in [0.2, 0.25) is 0 Å². The fourth-order valence-corrected chi connectivity index (χ4v) is 2.28. The van der Waals surface area contributed by atoms with Crippen LogP contribution in [0.25, 0.3) is 0 Å². The minimum atomic E-state index is -0.0821. The van der Waals surface area contributed by atoms with Gasteiger partial charge in [-0.1, -0.05) is 30.9 Å². The number of carbonyl (C=O) groups excluding carboxylic acids is 1. The lowest BCUT2D eigenvalue weighted by Crippen LogP contribution is -2.21. The van der Waals surface area contributed by atoms with Gasteiger partial charge in [-0.15, -0.1) is 0 Å². The van der Waals surface area contributed by atoms with E-state index in [-0.39, 0.29) is 5.91 Å². The van der Waals surface area contributed by atoms with Crippen LogP contribution in [0.4, 0.5) is 0 Å². The highest BCUT2D eigenvalue weighted by Gasteiger charge is 2.17. The Labute approximate surface area is 125 Å². The normalized spacial score (nSPS) is 26.4. The Bertz CT molecular complexity index is 640. The Balaban J connectivity index is 2.48. The Morgan fingerprint density at radius 3 is 2.95 bits per heavy atom. The van der Waals surface area contributed by atoms with Gasteiger partial charge < -0.3 is 5.32 Å². The number of allylic oxidation sites excluding steroid dienone is 7. The van der Waals surface area contributed by atoms with Gasteiger partial charge in [0.25, 0.3) is 5.91 Å². The zero-order valence-electron chi connectivity index (χ0n) is 12.5. The van der Waals surface area contributed by atoms with Gasteiger partial charge in [0.15, 0.2) is 0 Å². The standard InChI is InChI=1S/C18H20N2O/c1-4-7-15-10-11-19-18(21)17-9-6-5-8-16(17)14(3)20-12-13(15)2/h4-5,7-8,10-12H,3,6,9H2,1-2H3,(H,19,21)/b7-4-,11-10+,15-13-,20-12-. The van der Waals surface area contributed by atoms with Crippen molar-refractivity contribution < 1.29 is 4.79 Å². The molecule has 0 aromatic carbocycles. The molecule has 1 heterocycles. The maximum absolute atomic E-state index is 12.3. The van der Waals surface area contributed by atoms with Crippen LogP contribution in [0.3, 0.4) is 0 Å². The first-order chi connectivity index (χ1) is 10.1. The van der Waals surface area contributed by atoms with Gasteiger partial charge in [0.05, 0.1) is 5.70 Å². The van der Waals surface area contributed by atoms with Crippen molar-refractivity contribution in [3.8, 4) is 0 Å². The highest BCUT2D eigenvalue weighted by atomic mass is 16.1. The van der Waals surface area contributed by atoms with Gasteiger partial charge in [-0.3, -0.25) is 9.79 Å². The van der Waals surface area contributed by atoms with Crippen LogP contribution in [0.5, 0.6) is 0 Å². The second-order valence-corrected chi connectivity index (χ2v) is 4.98. The SMILES string of the molecule is C=C1\N=C/C(C)=C(/C=C\C)\C=C\NC(=O)C2=C1C=CCC2. The summed E-state index contributed by atoms with van der Waals surface area (Å²) in [7, 11) is 0. The number of nitrogens with one attached hydrogen (secondary N) is 1. The minimum Gasteiger partial charge on any atom is -0.329 e. The molecule has 0 spiro atoms. The van der Waals surface area contributed by atoms with Gasteiger partial charge in [-0.05, 0) is 43.9 Å². The molecule has 1 amide bonds. The van der Waals surface area contributed by atoms with Crippen LogP contribution in [-0.2, 0) is 4.79 Å². The first kappa shape index (κ1) is 15.0. The lowest BCUT2D eigenvalue weighted by molar-refractivity contribution is -0.116. The molecule has 108 valence electrons. The number of hydrogen-bond donors (Lipinski definition) is 1. The van der Waals surface area contributed by atoms with Crippen LogP contribution in [0.1, 0.15) is 26.7 Å². The summed E-state index contributed by atoms with van der Waals surface area (Å²) in [6, 6.07) is 0. The third kappa shape index (κ3) is 3.57. The van der Waals surface area contributed by atoms with E-state index < -0.39 is 0 Å². The van der Waals surface area contributed by atoms with Gasteiger partial charge in [-0.2, -0.15) is 0 Å². The van der Waals surface area contributed by atoms with E-state index in [0.29, 0.717) is 12.1 Å². The first-order valence-electron chi connectivity index (χ1n) is 7.07. The summed E-state index contributed by atoms with van der Waals surface area (Å²) in [5.41, 5.74) is 4.22. The van der Waals surface area contributed by atoms with Gasteiger partial charge in [0, 0.05) is 23.6 Å². The summed E-state index contributed by atoms with van der Waals surface area (Å²) >= 11 is 0. The predicted octanol–water partition coefficient (Wildman–Crippen LogP) is 3.75. The highest BCUT2D eigenvalue weighted by Crippen LogP contribution is 2.25. The molecule has 1 aliphatic heterocycles. The summed E-state index contributed by atoms with van der Waals surface area (Å²) in [5.74, 6) is -0.0821. The van der Waals surface area contributed by atoms with Crippen LogP contribution in [0.15, 0.2) is 76.1 Å². The van der Waals surface area contributed by atoms with Crippen molar-refractivity contribution in [1.29, 1.82) is 0 Å². The average Bonchev–Trinajstić information content (AvgIpc) is 2.52. The van der Waals surface area contributed by atoms with E-state index in [0.717, 1.165) is 28.7 Å². The second kappa shape index (κ2) is 6.84. The molecule has 0 atom stereocenters. The Kier molecular flexibility index (Phi) is 4.88. The molecule has 0 radical (unpaired) electrons. The molecule has 0 aromatic heterocycles. The maximum atomic E-state index is 12.3. The Hall–Kier alpha value is -2.42. The molecule has 0 saturated heterocycles. The van der Waals surface area contributed by atoms with Crippen LogP contribution < -0.4 is 5.32 Å². The minimum absolute atomic E-state index is 0.0821. The monoisotopic (exact) mass is 280 g/mol. The molecule has 0 unspecified atom stereocenters. The van der Waals surface area contributed by atoms with E-state index in [9.17, 15) is 4.79 Å². The summed E-state index contributed by atoms with van der Waals surface area (Å²) in [6.07, 6.45) is 14.9. The second-order valence-electron chi connectivity index (χ2n) is 4.98. The zero-order chi connectivity index (χ0) is 15.2. The molecule has 2 aliphatic rings. The van der Waals surface area contributed by atoms with E-state index in [4.69, 9.17) is 0 Å². The van der Waals surface area contributed by atoms with Gasteiger partial charge in [-0.25, -0.2) is 0 Å². The molecular formula is C18H20N2O. The summed E-state index contributed by atoms with van der Waals surface area (Å²) in [6.45, 7) is 7.94. The smallest absolute Gasteiger partial charge is 0.251 e.